The van der Waals surface area contributed by atoms with Crippen LogP contribution in [0.4, 0.5) is 0 Å². The number of rotatable bonds is 4. The number of aryl methyl sites for hydroxylation is 1. The molecular formula is C19H23N3O3. The van der Waals surface area contributed by atoms with Crippen LogP contribution in [0.15, 0.2) is 41.5 Å². The van der Waals surface area contributed by atoms with Gasteiger partial charge in [-0.05, 0) is 49.4 Å². The molecule has 1 amide bonds. The monoisotopic (exact) mass is 341 g/mol. The highest BCUT2D eigenvalue weighted by atomic mass is 16.5. The molecule has 1 aliphatic rings. The third-order valence-corrected chi connectivity index (χ3v) is 4.66. The van der Waals surface area contributed by atoms with Crippen LogP contribution in [-0.2, 0) is 7.05 Å². The molecule has 6 nitrogen and oxygen atoms in total. The molecule has 0 bridgehead atoms. The van der Waals surface area contributed by atoms with Crippen molar-refractivity contribution in [2.45, 2.75) is 25.7 Å². The van der Waals surface area contributed by atoms with E-state index in [4.69, 9.17) is 4.74 Å². The Kier molecular flexibility index (Phi) is 5.16. The van der Waals surface area contributed by atoms with Gasteiger partial charge in [-0.15, -0.1) is 0 Å². The fourth-order valence-corrected chi connectivity index (χ4v) is 3.21. The maximum Gasteiger partial charge on any atom is 0.259 e. The molecule has 0 atom stereocenters. The molecule has 2 aromatic heterocycles. The number of piperidine rings is 1. The quantitative estimate of drug-likeness (QED) is 0.855. The molecule has 2 aromatic rings. The van der Waals surface area contributed by atoms with Gasteiger partial charge in [0, 0.05) is 38.6 Å². The van der Waals surface area contributed by atoms with Crippen molar-refractivity contribution >= 4 is 5.91 Å². The van der Waals surface area contributed by atoms with Crippen molar-refractivity contribution in [3.63, 3.8) is 0 Å². The van der Waals surface area contributed by atoms with Crippen molar-refractivity contribution in [1.82, 2.24) is 14.5 Å². The first kappa shape index (κ1) is 17.2. The van der Waals surface area contributed by atoms with Crippen LogP contribution in [0, 0.1) is 0 Å². The van der Waals surface area contributed by atoms with Crippen molar-refractivity contribution in [1.29, 1.82) is 0 Å². The predicted octanol–water partition coefficient (Wildman–Crippen LogP) is 2.20. The van der Waals surface area contributed by atoms with E-state index < -0.39 is 0 Å². The van der Waals surface area contributed by atoms with Crippen LogP contribution in [0.2, 0.25) is 0 Å². The first-order valence-corrected chi connectivity index (χ1v) is 8.63. The molecule has 1 aliphatic heterocycles. The average Bonchev–Trinajstić information content (AvgIpc) is 2.64. The van der Waals surface area contributed by atoms with E-state index in [9.17, 15) is 9.59 Å². The van der Waals surface area contributed by atoms with Crippen LogP contribution >= 0.6 is 0 Å². The number of likely N-dealkylation sites (tertiary alicyclic amines) is 1. The molecule has 1 fully saturated rings. The molecule has 0 unspecified atom stereocenters. The number of carbonyl (C=O) groups is 1. The fourth-order valence-electron chi connectivity index (χ4n) is 3.21. The molecule has 3 rings (SSSR count). The summed E-state index contributed by atoms with van der Waals surface area (Å²) in [6.45, 7) is 3.68. The van der Waals surface area contributed by atoms with Crippen molar-refractivity contribution in [2.24, 2.45) is 7.05 Å². The van der Waals surface area contributed by atoms with Gasteiger partial charge in [0.2, 0.25) is 5.88 Å². The molecule has 0 aliphatic carbocycles. The molecule has 132 valence electrons. The van der Waals surface area contributed by atoms with E-state index in [1.54, 1.807) is 42.2 Å². The smallest absolute Gasteiger partial charge is 0.259 e. The van der Waals surface area contributed by atoms with E-state index in [1.807, 2.05) is 17.9 Å². The Bertz CT molecular complexity index is 808. The van der Waals surface area contributed by atoms with E-state index in [2.05, 4.69) is 4.98 Å². The summed E-state index contributed by atoms with van der Waals surface area (Å²) in [5.41, 5.74) is 1.58. The molecular weight excluding hydrogens is 318 g/mol. The molecule has 1 saturated heterocycles. The molecule has 6 heteroatoms. The topological polar surface area (TPSA) is 64.4 Å². The zero-order valence-electron chi connectivity index (χ0n) is 14.6. The van der Waals surface area contributed by atoms with Crippen molar-refractivity contribution in [3.8, 4) is 5.88 Å². The van der Waals surface area contributed by atoms with Gasteiger partial charge in [-0.1, -0.05) is 0 Å². The van der Waals surface area contributed by atoms with Gasteiger partial charge in [0.05, 0.1) is 6.61 Å². The van der Waals surface area contributed by atoms with Crippen LogP contribution in [0.1, 0.15) is 41.6 Å². The molecule has 0 aromatic carbocycles. The highest BCUT2D eigenvalue weighted by Gasteiger charge is 2.26. The highest BCUT2D eigenvalue weighted by Crippen LogP contribution is 2.28. The summed E-state index contributed by atoms with van der Waals surface area (Å²) in [7, 11) is 1.75. The zero-order valence-corrected chi connectivity index (χ0v) is 14.6. The lowest BCUT2D eigenvalue weighted by Crippen LogP contribution is -2.38. The Morgan fingerprint density at radius 2 is 2.08 bits per heavy atom. The third-order valence-electron chi connectivity index (χ3n) is 4.66. The Hall–Kier alpha value is -2.63. The van der Waals surface area contributed by atoms with Crippen molar-refractivity contribution < 1.29 is 9.53 Å². The van der Waals surface area contributed by atoms with Gasteiger partial charge in [0.15, 0.2) is 0 Å². The number of aromatic nitrogens is 2. The maximum absolute atomic E-state index is 12.8. The van der Waals surface area contributed by atoms with E-state index in [0.717, 1.165) is 18.4 Å². The first-order valence-electron chi connectivity index (χ1n) is 8.63. The van der Waals surface area contributed by atoms with E-state index in [1.165, 1.54) is 0 Å². The largest absolute Gasteiger partial charge is 0.477 e. The van der Waals surface area contributed by atoms with Crippen LogP contribution in [0.3, 0.4) is 0 Å². The summed E-state index contributed by atoms with van der Waals surface area (Å²) in [6.07, 6.45) is 5.13. The number of hydrogen-bond acceptors (Lipinski definition) is 4. The van der Waals surface area contributed by atoms with Crippen molar-refractivity contribution in [2.75, 3.05) is 19.7 Å². The van der Waals surface area contributed by atoms with Gasteiger partial charge in [-0.3, -0.25) is 9.59 Å². The van der Waals surface area contributed by atoms with Crippen molar-refractivity contribution in [3.05, 3.63) is 58.1 Å². The lowest BCUT2D eigenvalue weighted by molar-refractivity contribution is 0.0708. The second kappa shape index (κ2) is 7.51. The maximum atomic E-state index is 12.8. The van der Waals surface area contributed by atoms with Gasteiger partial charge in [-0.25, -0.2) is 4.98 Å². The normalized spacial score (nSPS) is 15.2. The minimum Gasteiger partial charge on any atom is -0.477 e. The number of hydrogen-bond donors (Lipinski definition) is 0. The Morgan fingerprint density at radius 3 is 2.76 bits per heavy atom. The second-order valence-corrected chi connectivity index (χ2v) is 6.26. The van der Waals surface area contributed by atoms with E-state index in [0.29, 0.717) is 37.1 Å². The molecule has 0 N–H and O–H groups in total. The average molecular weight is 341 g/mol. The van der Waals surface area contributed by atoms with Gasteiger partial charge >= 0.3 is 0 Å². The predicted molar refractivity (Wildman–Crippen MR) is 95.0 cm³/mol. The lowest BCUT2D eigenvalue weighted by Gasteiger charge is -2.32. The fraction of sp³-hybridized carbons (Fsp3) is 0.421. The zero-order chi connectivity index (χ0) is 17.8. The van der Waals surface area contributed by atoms with Gasteiger partial charge in [-0.2, -0.15) is 0 Å². The van der Waals surface area contributed by atoms with Gasteiger partial charge in [0.1, 0.15) is 5.56 Å². The first-order chi connectivity index (χ1) is 12.1. The summed E-state index contributed by atoms with van der Waals surface area (Å²) in [5.74, 6) is 0.667. The van der Waals surface area contributed by atoms with Crippen LogP contribution < -0.4 is 10.3 Å². The Labute approximate surface area is 147 Å². The summed E-state index contributed by atoms with van der Waals surface area (Å²) in [5, 5.41) is 0. The van der Waals surface area contributed by atoms with Crippen LogP contribution in [-0.4, -0.2) is 40.1 Å². The molecule has 0 saturated carbocycles. The van der Waals surface area contributed by atoms with E-state index in [-0.39, 0.29) is 11.5 Å². The Balaban J connectivity index is 1.69. The summed E-state index contributed by atoms with van der Waals surface area (Å²) in [6, 6.07) is 7.21. The minimum absolute atomic E-state index is 0.00715. The molecule has 3 heterocycles. The third kappa shape index (κ3) is 3.73. The van der Waals surface area contributed by atoms with Gasteiger partial charge < -0.3 is 14.2 Å². The number of ether oxygens (including phenoxy) is 1. The lowest BCUT2D eigenvalue weighted by atomic mass is 9.90. The SMILES string of the molecule is CCOc1ncccc1C(=O)N1CCC(c2ccn(C)c(=O)c2)CC1. The summed E-state index contributed by atoms with van der Waals surface area (Å²) in [4.78, 5) is 30.6. The van der Waals surface area contributed by atoms with E-state index >= 15 is 0 Å². The molecule has 0 spiro atoms. The van der Waals surface area contributed by atoms with Crippen LogP contribution in [0.25, 0.3) is 0 Å². The molecule has 25 heavy (non-hydrogen) atoms. The number of carbonyl (C=O) groups excluding carboxylic acids is 1. The minimum atomic E-state index is -0.0426. The number of amides is 1. The highest BCUT2D eigenvalue weighted by molar-refractivity contribution is 5.96. The summed E-state index contributed by atoms with van der Waals surface area (Å²) < 4.78 is 7.04. The number of pyridine rings is 2. The standard InChI is InChI=1S/C19H23N3O3/c1-3-25-18-16(5-4-9-20-18)19(24)22-11-7-14(8-12-22)15-6-10-21(2)17(23)13-15/h4-6,9-10,13-14H,3,7-8,11-12H2,1-2H3. The molecule has 0 radical (unpaired) electrons. The summed E-state index contributed by atoms with van der Waals surface area (Å²) >= 11 is 0. The van der Waals surface area contributed by atoms with Gasteiger partial charge in [0.25, 0.3) is 11.5 Å². The Morgan fingerprint density at radius 1 is 1.32 bits per heavy atom. The van der Waals surface area contributed by atoms with Crippen LogP contribution in [0.5, 0.6) is 5.88 Å². The second-order valence-electron chi connectivity index (χ2n) is 6.26. The number of nitrogens with zero attached hydrogens (tertiary/aromatic N) is 3.